The number of hydrogen-bond donors (Lipinski definition) is 1. The van der Waals surface area contributed by atoms with Gasteiger partial charge >= 0.3 is 0 Å². The number of carbonyl (C=O) groups excluding carboxylic acids is 2. The normalized spacial score (nSPS) is 11.3. The van der Waals surface area contributed by atoms with Crippen molar-refractivity contribution in [1.29, 1.82) is 0 Å². The second-order valence-corrected chi connectivity index (χ2v) is 21.9. The number of methoxy groups -OCH3 is 2. The van der Waals surface area contributed by atoms with Crippen LogP contribution in [0.1, 0.15) is 45.0 Å². The minimum absolute atomic E-state index is 0. The fourth-order valence-electron chi connectivity index (χ4n) is 7.75. The molecule has 1 N–H and O–H groups in total. The summed E-state index contributed by atoms with van der Waals surface area (Å²) in [7, 11) is 6.37. The van der Waals surface area contributed by atoms with Crippen LogP contribution < -0.4 is 14.8 Å². The van der Waals surface area contributed by atoms with Crippen molar-refractivity contribution in [2.45, 2.75) is 64.4 Å². The van der Waals surface area contributed by atoms with E-state index in [1.54, 1.807) is 71.0 Å². The van der Waals surface area contributed by atoms with E-state index in [0.717, 1.165) is 40.7 Å². The van der Waals surface area contributed by atoms with Gasteiger partial charge in [-0.25, -0.2) is 26.8 Å². The molecule has 2 heterocycles. The molecule has 1 amide bonds. The van der Waals surface area contributed by atoms with Crippen LogP contribution in [0.5, 0.6) is 11.5 Å². The van der Waals surface area contributed by atoms with Crippen molar-refractivity contribution in [3.8, 4) is 34.0 Å². The Labute approximate surface area is 455 Å². The zero-order chi connectivity index (χ0) is 55.6. The number of aromatic nitrogens is 4. The minimum atomic E-state index is -3.71. The zero-order valence-corrected chi connectivity index (χ0v) is 48.6. The van der Waals surface area contributed by atoms with E-state index in [1.807, 2.05) is 74.6 Å². The van der Waals surface area contributed by atoms with Crippen LogP contribution in [0.25, 0.3) is 22.5 Å². The zero-order valence-electron chi connectivity index (χ0n) is 46.2. The molecule has 416 valence electrons. The highest BCUT2D eigenvalue weighted by atomic mass is 35.5. The Morgan fingerprint density at radius 3 is 1.39 bits per heavy atom. The van der Waals surface area contributed by atoms with E-state index in [2.05, 4.69) is 50.5 Å². The van der Waals surface area contributed by atoms with Crippen LogP contribution >= 0.6 is 12.4 Å². The molecule has 4 aromatic carbocycles. The van der Waals surface area contributed by atoms with Crippen LogP contribution in [0.15, 0.2) is 95.0 Å². The summed E-state index contributed by atoms with van der Waals surface area (Å²) < 4.78 is 83.2. The van der Waals surface area contributed by atoms with Gasteiger partial charge in [-0.15, -0.1) is 12.4 Å². The molecule has 0 unspecified atom stereocenters. The van der Waals surface area contributed by atoms with Crippen molar-refractivity contribution >= 4 is 44.8 Å². The molecule has 2 aromatic heterocycles. The number of rotatable bonds is 23. The number of hydrogen-bond acceptors (Lipinski definition) is 14. The molecule has 19 nitrogen and oxygen atoms in total. The lowest BCUT2D eigenvalue weighted by Gasteiger charge is -2.21. The smallest absolute Gasteiger partial charge is 0.295 e. The summed E-state index contributed by atoms with van der Waals surface area (Å²) in [5.74, 6) is 3.03. The number of nitrogens with zero attached hydrogens (tertiary/aromatic N) is 7. The first-order valence-electron chi connectivity index (χ1n) is 24.0. The number of nitrogens with one attached hydrogen (secondary N) is 1. The fraction of sp³-hybridized carbons (Fsp3) is 0.407. The summed E-state index contributed by atoms with van der Waals surface area (Å²) in [5.41, 5.74) is 8.89. The molecule has 0 aliphatic heterocycles. The van der Waals surface area contributed by atoms with Crippen LogP contribution in [0, 0.1) is 41.5 Å². The number of sulfonamides is 2. The maximum Gasteiger partial charge on any atom is 0.295 e. The molecular formula is C54H75ClN8O11S2. The number of amides is 1. The van der Waals surface area contributed by atoms with Crippen molar-refractivity contribution in [3.63, 3.8) is 0 Å². The highest BCUT2D eigenvalue weighted by molar-refractivity contribution is 7.89. The average molecular weight is 1110 g/mol. The van der Waals surface area contributed by atoms with Gasteiger partial charge in [0.1, 0.15) is 29.8 Å². The van der Waals surface area contributed by atoms with Gasteiger partial charge in [-0.3, -0.25) is 9.59 Å². The van der Waals surface area contributed by atoms with Crippen LogP contribution in [0.4, 0.5) is 0 Å². The van der Waals surface area contributed by atoms with E-state index in [4.69, 9.17) is 18.9 Å². The van der Waals surface area contributed by atoms with E-state index in [-0.39, 0.29) is 74.3 Å². The SMILES string of the molecule is CNCc1ccc(-c2cn(C)c(C)n2)cc1.COc1cc(C)c(S(=O)(=O)N(C)CCOCC(=O)N(C)Cc2ccc(-c3cn(C)c(C)n3)cc2)c(C)c1.COc1cc(C)c(S(=O)(=O)N(C)CCOCOC=O)c(C)c1.Cl. The summed E-state index contributed by atoms with van der Waals surface area (Å²) in [6.45, 7) is 12.7. The van der Waals surface area contributed by atoms with Crippen molar-refractivity contribution in [3.05, 3.63) is 130 Å². The van der Waals surface area contributed by atoms with Gasteiger partial charge in [0, 0.05) is 84.9 Å². The monoisotopic (exact) mass is 1110 g/mol. The maximum absolute atomic E-state index is 13.1. The third-order valence-corrected chi connectivity index (χ3v) is 16.5. The lowest BCUT2D eigenvalue weighted by Crippen LogP contribution is -2.33. The summed E-state index contributed by atoms with van der Waals surface area (Å²) in [6, 6.07) is 23.2. The second kappa shape index (κ2) is 29.9. The third kappa shape index (κ3) is 17.7. The van der Waals surface area contributed by atoms with Crippen LogP contribution in [0.2, 0.25) is 0 Å². The second-order valence-electron chi connectivity index (χ2n) is 17.9. The van der Waals surface area contributed by atoms with Gasteiger partial charge in [0.2, 0.25) is 26.0 Å². The Morgan fingerprint density at radius 2 is 1.04 bits per heavy atom. The first-order valence-corrected chi connectivity index (χ1v) is 26.9. The van der Waals surface area contributed by atoms with Gasteiger partial charge < -0.3 is 43.0 Å². The van der Waals surface area contributed by atoms with Crippen molar-refractivity contribution in [1.82, 2.24) is 37.9 Å². The Balaban J connectivity index is 0.000000330. The molecule has 0 saturated heterocycles. The number of ether oxygens (including phenoxy) is 5. The molecule has 0 aliphatic rings. The number of benzene rings is 4. The molecule has 0 spiro atoms. The molecule has 22 heteroatoms. The fourth-order valence-corrected chi connectivity index (χ4v) is 10.9. The van der Waals surface area contributed by atoms with Crippen LogP contribution in [-0.4, -0.2) is 144 Å². The lowest BCUT2D eigenvalue weighted by atomic mass is 10.1. The molecule has 6 rings (SSSR count). The molecule has 0 atom stereocenters. The molecular weight excluding hydrogens is 1040 g/mol. The Morgan fingerprint density at radius 1 is 0.645 bits per heavy atom. The predicted molar refractivity (Wildman–Crippen MR) is 297 cm³/mol. The minimum Gasteiger partial charge on any atom is -0.497 e. The summed E-state index contributed by atoms with van der Waals surface area (Å²) >= 11 is 0. The van der Waals surface area contributed by atoms with E-state index in [9.17, 15) is 26.4 Å². The number of likely N-dealkylation sites (N-methyl/N-ethyl adjacent to an activating group) is 3. The first-order chi connectivity index (χ1) is 35.5. The maximum atomic E-state index is 13.1. The van der Waals surface area contributed by atoms with Gasteiger partial charge in [-0.1, -0.05) is 48.5 Å². The lowest BCUT2D eigenvalue weighted by molar-refractivity contribution is -0.140. The Kier molecular flexibility index (Phi) is 25.3. The highest BCUT2D eigenvalue weighted by Gasteiger charge is 2.27. The molecule has 0 fully saturated rings. The number of carbonyl (C=O) groups is 2. The molecule has 6 aromatic rings. The number of imidazole rings is 2. The molecule has 76 heavy (non-hydrogen) atoms. The number of aryl methyl sites for hydroxylation is 8. The van der Waals surface area contributed by atoms with Crippen LogP contribution in [0.3, 0.4) is 0 Å². The first kappa shape index (κ1) is 64.1. The summed E-state index contributed by atoms with van der Waals surface area (Å²) in [4.78, 5) is 33.6. The van der Waals surface area contributed by atoms with Gasteiger partial charge in [0.15, 0.2) is 6.79 Å². The van der Waals surface area contributed by atoms with Gasteiger partial charge in [0.25, 0.3) is 6.47 Å². The van der Waals surface area contributed by atoms with E-state index >= 15 is 0 Å². The average Bonchev–Trinajstić information content (AvgIpc) is 3.89. The third-order valence-electron chi connectivity index (χ3n) is 12.2. The van der Waals surface area contributed by atoms with Gasteiger partial charge in [0.05, 0.1) is 48.6 Å². The highest BCUT2D eigenvalue weighted by Crippen LogP contribution is 2.29. The van der Waals surface area contributed by atoms with Gasteiger partial charge in [-0.05, 0) is 106 Å². The molecule has 0 aliphatic carbocycles. The standard InChI is InChI=1S/C27H36N4O5S.C14H21NO6S.C13H17N3.ClH/c1-19-14-24(35-7)15-20(2)27(19)37(33,34)31(6)12-13-36-18-26(32)30(5)16-22-8-10-23(11-9-22)25-17-29(4)21(3)28-25;1-11-7-13(19-4)8-12(2)14(11)22(17,18)15(3)5-6-20-10-21-9-16;1-10-15-13(9-16(10)3)12-6-4-11(5-7-12)8-14-2;/h8-11,14-15,17H,12-13,16,18H2,1-7H3;7-9H,5-6,10H2,1-4H3;4-7,9,14H,8H2,1-3H3;1H. The van der Waals surface area contributed by atoms with E-state index in [1.165, 1.54) is 40.9 Å². The van der Waals surface area contributed by atoms with E-state index < -0.39 is 20.0 Å². The Hall–Kier alpha value is -6.17. The molecule has 0 radical (unpaired) electrons. The topological polar surface area (TPSA) is 206 Å². The van der Waals surface area contributed by atoms with Crippen molar-refractivity contribution in [2.24, 2.45) is 14.1 Å². The molecule has 0 saturated carbocycles. The predicted octanol–water partition coefficient (Wildman–Crippen LogP) is 6.93. The van der Waals surface area contributed by atoms with Gasteiger partial charge in [-0.2, -0.15) is 8.61 Å². The van der Waals surface area contributed by atoms with E-state index in [0.29, 0.717) is 40.3 Å². The molecule has 0 bridgehead atoms. The van der Waals surface area contributed by atoms with Crippen LogP contribution in [-0.2, 0) is 71.0 Å². The summed E-state index contributed by atoms with van der Waals surface area (Å²) in [6.07, 6.45) is 4.04. The number of halogens is 1. The summed E-state index contributed by atoms with van der Waals surface area (Å²) in [5, 5.41) is 3.14. The quantitative estimate of drug-likeness (QED) is 0.0393. The van der Waals surface area contributed by atoms with Crippen molar-refractivity contribution in [2.75, 3.05) is 82.1 Å². The largest absolute Gasteiger partial charge is 0.497 e. The van der Waals surface area contributed by atoms with Crippen molar-refractivity contribution < 1.29 is 50.1 Å². The Bertz CT molecular complexity index is 2970.